The molecule has 0 aliphatic heterocycles. The van der Waals surface area contributed by atoms with Gasteiger partial charge in [0.05, 0.1) is 31.0 Å². The SMILES string of the molecule is C[C@@H](C(=O)Nc1cccc(C(F)(F)F)c1)N(C)CC(=O)NCc1ccco1. The van der Waals surface area contributed by atoms with Crippen molar-refractivity contribution in [2.75, 3.05) is 18.9 Å². The number of nitrogens with zero attached hydrogens (tertiary/aromatic N) is 1. The van der Waals surface area contributed by atoms with E-state index in [2.05, 4.69) is 10.6 Å². The molecule has 0 spiro atoms. The smallest absolute Gasteiger partial charge is 0.416 e. The number of carbonyl (C=O) groups excluding carboxylic acids is 2. The van der Waals surface area contributed by atoms with Gasteiger partial charge in [0.25, 0.3) is 0 Å². The minimum Gasteiger partial charge on any atom is -0.467 e. The van der Waals surface area contributed by atoms with Crippen molar-refractivity contribution in [3.63, 3.8) is 0 Å². The molecule has 0 radical (unpaired) electrons. The Morgan fingerprint density at radius 1 is 1.22 bits per heavy atom. The standard InChI is InChI=1S/C18H20F3N3O3/c1-12(24(2)11-16(25)22-10-15-7-4-8-27-15)17(26)23-14-6-3-5-13(9-14)18(19,20)21/h3-9,12H,10-11H2,1-2H3,(H,22,25)(H,23,26)/t12-/m0/s1. The third-order valence-corrected chi connectivity index (χ3v) is 3.93. The number of benzene rings is 1. The van der Waals surface area contributed by atoms with Crippen LogP contribution in [0.15, 0.2) is 47.1 Å². The highest BCUT2D eigenvalue weighted by atomic mass is 19.4. The molecular formula is C18H20F3N3O3. The lowest BCUT2D eigenvalue weighted by molar-refractivity contribution is -0.137. The van der Waals surface area contributed by atoms with Crippen LogP contribution in [0.4, 0.5) is 18.9 Å². The molecule has 2 amide bonds. The zero-order valence-corrected chi connectivity index (χ0v) is 14.8. The fourth-order valence-corrected chi connectivity index (χ4v) is 2.24. The highest BCUT2D eigenvalue weighted by Crippen LogP contribution is 2.30. The summed E-state index contributed by atoms with van der Waals surface area (Å²) < 4.78 is 43.3. The maximum atomic E-state index is 12.7. The summed E-state index contributed by atoms with van der Waals surface area (Å²) in [6, 6.07) is 7.07. The molecule has 0 unspecified atom stereocenters. The number of nitrogens with one attached hydrogen (secondary N) is 2. The highest BCUT2D eigenvalue weighted by molar-refractivity contribution is 5.95. The van der Waals surface area contributed by atoms with Crippen LogP contribution in [-0.4, -0.2) is 36.3 Å². The first kappa shape index (κ1) is 20.5. The van der Waals surface area contributed by atoms with Crippen molar-refractivity contribution in [1.82, 2.24) is 10.2 Å². The first-order chi connectivity index (χ1) is 12.7. The number of hydrogen-bond donors (Lipinski definition) is 2. The van der Waals surface area contributed by atoms with Crippen LogP contribution in [0.3, 0.4) is 0 Å². The van der Waals surface area contributed by atoms with Crippen LogP contribution in [0.5, 0.6) is 0 Å². The normalized spacial score (nSPS) is 12.7. The van der Waals surface area contributed by atoms with Gasteiger partial charge in [-0.25, -0.2) is 0 Å². The van der Waals surface area contributed by atoms with Gasteiger partial charge in [0.2, 0.25) is 11.8 Å². The number of rotatable bonds is 7. The van der Waals surface area contributed by atoms with Crippen LogP contribution in [0.1, 0.15) is 18.2 Å². The molecule has 0 fully saturated rings. The summed E-state index contributed by atoms with van der Waals surface area (Å²) in [7, 11) is 1.57. The molecule has 146 valence electrons. The van der Waals surface area contributed by atoms with Crippen molar-refractivity contribution in [1.29, 1.82) is 0 Å². The largest absolute Gasteiger partial charge is 0.467 e. The minimum atomic E-state index is -4.49. The molecular weight excluding hydrogens is 363 g/mol. The fourth-order valence-electron chi connectivity index (χ4n) is 2.24. The van der Waals surface area contributed by atoms with E-state index in [0.29, 0.717) is 5.76 Å². The third kappa shape index (κ3) is 6.14. The maximum Gasteiger partial charge on any atom is 0.416 e. The summed E-state index contributed by atoms with van der Waals surface area (Å²) in [5.74, 6) is -0.232. The number of alkyl halides is 3. The Labute approximate surface area is 154 Å². The Kier molecular flexibility index (Phi) is 6.62. The lowest BCUT2D eigenvalue weighted by Gasteiger charge is -2.23. The van der Waals surface area contributed by atoms with Gasteiger partial charge in [0.1, 0.15) is 5.76 Å². The predicted molar refractivity (Wildman–Crippen MR) is 92.7 cm³/mol. The van der Waals surface area contributed by atoms with Gasteiger partial charge >= 0.3 is 6.18 Å². The molecule has 1 heterocycles. The van der Waals surface area contributed by atoms with Crippen molar-refractivity contribution in [3.8, 4) is 0 Å². The monoisotopic (exact) mass is 383 g/mol. The highest BCUT2D eigenvalue weighted by Gasteiger charge is 2.30. The molecule has 2 aromatic rings. The maximum absolute atomic E-state index is 12.7. The van der Waals surface area contributed by atoms with Gasteiger partial charge < -0.3 is 15.1 Å². The Morgan fingerprint density at radius 2 is 1.96 bits per heavy atom. The van der Waals surface area contributed by atoms with Crippen LogP contribution >= 0.6 is 0 Å². The van der Waals surface area contributed by atoms with E-state index in [0.717, 1.165) is 12.1 Å². The zero-order valence-electron chi connectivity index (χ0n) is 14.8. The summed E-state index contributed by atoms with van der Waals surface area (Å²) in [6.45, 7) is 1.73. The number of furan rings is 1. The minimum absolute atomic E-state index is 0.0392. The van der Waals surface area contributed by atoms with E-state index in [1.54, 1.807) is 26.1 Å². The van der Waals surface area contributed by atoms with E-state index in [1.807, 2.05) is 0 Å². The van der Waals surface area contributed by atoms with Gasteiger partial charge in [-0.1, -0.05) is 6.07 Å². The first-order valence-corrected chi connectivity index (χ1v) is 8.14. The summed E-state index contributed by atoms with van der Waals surface area (Å²) in [5.41, 5.74) is -0.809. The van der Waals surface area contributed by atoms with Crippen molar-refractivity contribution in [2.24, 2.45) is 0 Å². The van der Waals surface area contributed by atoms with E-state index >= 15 is 0 Å². The van der Waals surface area contributed by atoms with Gasteiger partial charge in [-0.15, -0.1) is 0 Å². The van der Waals surface area contributed by atoms with E-state index in [-0.39, 0.29) is 24.7 Å². The molecule has 2 N–H and O–H groups in total. The lowest BCUT2D eigenvalue weighted by Crippen LogP contribution is -2.44. The molecule has 9 heteroatoms. The van der Waals surface area contributed by atoms with Gasteiger partial charge in [-0.3, -0.25) is 14.5 Å². The Bertz CT molecular complexity index is 776. The molecule has 6 nitrogen and oxygen atoms in total. The van der Waals surface area contributed by atoms with Gasteiger partial charge in [-0.2, -0.15) is 13.2 Å². The van der Waals surface area contributed by atoms with Crippen molar-refractivity contribution < 1.29 is 27.2 Å². The van der Waals surface area contributed by atoms with Crippen LogP contribution in [0.2, 0.25) is 0 Å². The second-order valence-corrected chi connectivity index (χ2v) is 6.01. The average molecular weight is 383 g/mol. The number of anilines is 1. The van der Waals surface area contributed by atoms with Gasteiger partial charge in [0, 0.05) is 5.69 Å². The Balaban J connectivity index is 1.87. The Hall–Kier alpha value is -2.81. The Morgan fingerprint density at radius 3 is 2.59 bits per heavy atom. The quantitative estimate of drug-likeness (QED) is 0.771. The predicted octanol–water partition coefficient (Wildman–Crippen LogP) is 2.87. The molecule has 1 atom stereocenters. The van der Waals surface area contributed by atoms with Crippen molar-refractivity contribution in [3.05, 3.63) is 54.0 Å². The van der Waals surface area contributed by atoms with E-state index in [1.165, 1.54) is 23.3 Å². The molecule has 1 aromatic carbocycles. The molecule has 0 bridgehead atoms. The number of carbonyl (C=O) groups is 2. The molecule has 0 saturated carbocycles. The van der Waals surface area contributed by atoms with Crippen LogP contribution in [0.25, 0.3) is 0 Å². The average Bonchev–Trinajstić information content (AvgIpc) is 3.12. The molecule has 0 saturated heterocycles. The van der Waals surface area contributed by atoms with E-state index in [4.69, 9.17) is 4.42 Å². The van der Waals surface area contributed by atoms with Crippen LogP contribution in [0, 0.1) is 0 Å². The van der Waals surface area contributed by atoms with E-state index in [9.17, 15) is 22.8 Å². The van der Waals surface area contributed by atoms with Crippen LogP contribution < -0.4 is 10.6 Å². The van der Waals surface area contributed by atoms with Gasteiger partial charge in [-0.05, 0) is 44.3 Å². The lowest BCUT2D eigenvalue weighted by atomic mass is 10.2. The first-order valence-electron chi connectivity index (χ1n) is 8.14. The second-order valence-electron chi connectivity index (χ2n) is 6.01. The van der Waals surface area contributed by atoms with Crippen molar-refractivity contribution in [2.45, 2.75) is 25.7 Å². The number of hydrogen-bond acceptors (Lipinski definition) is 4. The topological polar surface area (TPSA) is 74.6 Å². The summed E-state index contributed by atoms with van der Waals surface area (Å²) in [5, 5.41) is 5.09. The molecule has 1 aromatic heterocycles. The zero-order chi connectivity index (χ0) is 20.0. The summed E-state index contributed by atoms with van der Waals surface area (Å²) in [6.07, 6.45) is -3.00. The third-order valence-electron chi connectivity index (χ3n) is 3.93. The van der Waals surface area contributed by atoms with Crippen LogP contribution in [-0.2, 0) is 22.3 Å². The number of halogens is 3. The fraction of sp³-hybridized carbons (Fsp3) is 0.333. The number of amides is 2. The van der Waals surface area contributed by atoms with Gasteiger partial charge in [0.15, 0.2) is 0 Å². The molecule has 2 rings (SSSR count). The molecule has 27 heavy (non-hydrogen) atoms. The number of likely N-dealkylation sites (N-methyl/N-ethyl adjacent to an activating group) is 1. The summed E-state index contributed by atoms with van der Waals surface area (Å²) in [4.78, 5) is 25.7. The molecule has 0 aliphatic rings. The summed E-state index contributed by atoms with van der Waals surface area (Å²) >= 11 is 0. The molecule has 0 aliphatic carbocycles. The van der Waals surface area contributed by atoms with Crippen molar-refractivity contribution >= 4 is 17.5 Å². The van der Waals surface area contributed by atoms with E-state index < -0.39 is 23.7 Å². The second kappa shape index (κ2) is 8.72.